The molecular weight excluding hydrogens is 1890 g/mol. The Hall–Kier alpha value is -12.6. The fraction of sp³-hybridized carbons (Fsp3) is 0.202. The molecule has 132 heavy (non-hydrogen) atoms. The van der Waals surface area contributed by atoms with Gasteiger partial charge in [0.2, 0.25) is 17.7 Å². The van der Waals surface area contributed by atoms with Crippen LogP contribution >= 0.6 is 39.1 Å². The molecule has 0 radical (unpaired) electrons. The fourth-order valence-corrected chi connectivity index (χ4v) is 12.1. The molecule has 48 heteroatoms. The van der Waals surface area contributed by atoms with Gasteiger partial charge < -0.3 is 74.5 Å². The summed E-state index contributed by atoms with van der Waals surface area (Å²) >= 11 is 14.5. The summed E-state index contributed by atoms with van der Waals surface area (Å²) in [6.45, 7) is 9.63. The van der Waals surface area contributed by atoms with Crippen molar-refractivity contribution < 1.29 is 200 Å². The number of benzene rings is 6. The first-order chi connectivity index (χ1) is 62.0. The Morgan fingerprint density at radius 2 is 0.826 bits per heavy atom. The van der Waals surface area contributed by atoms with Crippen LogP contribution in [0.5, 0.6) is 41.0 Å². The average Bonchev–Trinajstić information content (AvgIpc) is 1.64. The first-order valence-corrected chi connectivity index (χ1v) is 39.9. The largest absolute Gasteiger partial charge is 1.00 e. The Morgan fingerprint density at radius 1 is 0.500 bits per heavy atom. The summed E-state index contributed by atoms with van der Waals surface area (Å²) in [6.07, 6.45) is 13.9. The number of ether oxygens (including phenoxy) is 3. The van der Waals surface area contributed by atoms with Crippen LogP contribution in [0.2, 0.25) is 10.0 Å². The van der Waals surface area contributed by atoms with E-state index in [9.17, 15) is 61.8 Å². The van der Waals surface area contributed by atoms with E-state index in [4.69, 9.17) is 75.5 Å². The topological polar surface area (TPSA) is 594 Å². The standard InChI is InChI=1S/C26H25ClFN7O4.C15H13N5O3.C14H11N5O4.C13H17ClFNO.C11H11N3O3.C4H3BrN2.CH2O3.2K.H/c1-15(2)34(13-21(36)32-12-16-5-3-6-19(27)23(16)28)22(37)14-35-20-8-7-17(39-26-30-9-4-10-31-26)11-18(20)24(33-35)25(29)38;1-9(21)8-20-12-4-3-10(23-15-17-5-2-6-18-15)7-11(12)13(19-20)14(16)22;15-13(22)12-9-6-8(23-14-16-4-1-5-17-14)2-3-10(9)19(18-12)7-11(20)21;1-9(2)6-7-12(17)16-8-10-4-3-5-11(14)13(10)15;1-6(15)5-14-9-3-2-7(16)4-8(9)10(13-14)11(12)17;5-4-6-2-1-3-7-4;2-1-4-3;;;/h3-11,15H,12-14H2,1-2H3,(H2,29,38)(H,32,36);2-7H,8H2,1H3,(H2,16,22);1-6H,7H2,(H2,15,22)(H,20,21);3-5,9H,6-8H2,1-2H3,(H,16,17);2-4,16H,5H2,1H3,(H2,12,17);1-3H;1,3H;;;/q;;;;;;;2*+1;-1/p-1. The minimum absolute atomic E-state index is 0. The number of hydrogen-bond donors (Lipinski definition) is 8. The normalized spacial score (nSPS) is 10.3. The molecule has 7 amide bonds. The van der Waals surface area contributed by atoms with Gasteiger partial charge in [-0.05, 0) is 165 Å². The maximum atomic E-state index is 14.1. The summed E-state index contributed by atoms with van der Waals surface area (Å²) in [4.78, 5) is 161. The predicted molar refractivity (Wildman–Crippen MR) is 465 cm³/mol. The molecular formula is C84H82BrCl2F2K2N23O18. The van der Waals surface area contributed by atoms with Crippen molar-refractivity contribution in [3.05, 3.63) is 243 Å². The van der Waals surface area contributed by atoms with Crippen LogP contribution in [0.1, 0.15) is 109 Å². The number of Topliss-reactive ketones (excluding diaryl/α,β-unsaturated/α-hetero) is 2. The van der Waals surface area contributed by atoms with Gasteiger partial charge in [0, 0.05) is 108 Å². The Kier molecular flexibility index (Phi) is 44.0. The number of aromatic nitrogens is 16. The van der Waals surface area contributed by atoms with Gasteiger partial charge >= 0.3 is 127 Å². The Morgan fingerprint density at radius 3 is 1.14 bits per heavy atom. The molecule has 0 aliphatic heterocycles. The van der Waals surface area contributed by atoms with Gasteiger partial charge in [-0.3, -0.25) is 71.5 Å². The van der Waals surface area contributed by atoms with Gasteiger partial charge in [-0.1, -0.05) is 61.3 Å². The molecule has 6 aromatic carbocycles. The van der Waals surface area contributed by atoms with Crippen molar-refractivity contribution in [1.82, 2.24) is 94.5 Å². The number of phenolic OH excluding ortho intramolecular Hbond substituents is 1. The molecule has 12 N–H and O–H groups in total. The number of nitrogens with one attached hydrogen (secondary N) is 2. The molecule has 0 saturated carbocycles. The number of aliphatic carboxylic acids is 1. The number of amides is 7. The van der Waals surface area contributed by atoms with Crippen LogP contribution in [0, 0.1) is 17.6 Å². The van der Waals surface area contributed by atoms with E-state index in [0.717, 1.165) is 6.42 Å². The van der Waals surface area contributed by atoms with Crippen LogP contribution in [-0.4, -0.2) is 172 Å². The number of rotatable bonds is 29. The summed E-state index contributed by atoms with van der Waals surface area (Å²) in [6, 6.07) is 35.1. The van der Waals surface area contributed by atoms with Crippen molar-refractivity contribution in [2.45, 2.75) is 99.7 Å². The minimum Gasteiger partial charge on any atom is -1.00 e. The van der Waals surface area contributed by atoms with E-state index in [1.807, 2.05) is 0 Å². The molecule has 0 unspecified atom stereocenters. The van der Waals surface area contributed by atoms with Crippen LogP contribution in [0.3, 0.4) is 0 Å². The number of carbonyl (C=O) groups excluding carboxylic acids is 10. The predicted octanol–water partition coefficient (Wildman–Crippen LogP) is 2.93. The molecule has 41 nitrogen and oxygen atoms in total. The van der Waals surface area contributed by atoms with Crippen LogP contribution in [-0.2, 0) is 77.7 Å². The zero-order valence-corrected chi connectivity index (χ0v) is 81.0. The molecule has 0 bridgehead atoms. The number of hydrogen-bond acceptors (Lipinski definition) is 29. The number of phenols is 1. The van der Waals surface area contributed by atoms with Crippen molar-refractivity contribution >= 4 is 148 Å². The van der Waals surface area contributed by atoms with Gasteiger partial charge in [0.1, 0.15) is 47.7 Å². The quantitative estimate of drug-likeness (QED) is 0.0110. The SMILES string of the molecule is Brc1ncccn1.CC(=O)Cn1nc(C(N)=O)c2cc(O)ccc21.CC(=O)Cn1nc(C(N)=O)c2cc(Oc3ncccn3)ccc21.CC(C)CCC(=O)NCc1cccc(Cl)c1F.CC(C)N(CC(=O)NCc1cccc(Cl)c1F)C(=O)Cn1nc(C(N)=O)c2cc(Oc3ncccn3)ccc21.NC(=O)c1nn(CC(=O)O)c2ccc(Oc3ncccn3)cc12.O=CO[O-].[H-].[K+].[K+]. The molecule has 14 rings (SSSR count). The van der Waals surface area contributed by atoms with Crippen molar-refractivity contribution in [1.29, 1.82) is 0 Å². The van der Waals surface area contributed by atoms with E-state index in [2.05, 4.69) is 106 Å². The number of aromatic hydroxyl groups is 1. The third-order valence-corrected chi connectivity index (χ3v) is 18.2. The van der Waals surface area contributed by atoms with Crippen molar-refractivity contribution in [3.63, 3.8) is 0 Å². The molecule has 0 aliphatic carbocycles. The molecule has 0 fully saturated rings. The molecule has 8 aromatic heterocycles. The van der Waals surface area contributed by atoms with Gasteiger partial charge in [-0.2, -0.15) is 20.4 Å². The zero-order chi connectivity index (χ0) is 94.8. The average molecular weight is 1970 g/mol. The summed E-state index contributed by atoms with van der Waals surface area (Å²) < 4.78 is 50.3. The van der Waals surface area contributed by atoms with E-state index < -0.39 is 53.0 Å². The first-order valence-electron chi connectivity index (χ1n) is 38.3. The van der Waals surface area contributed by atoms with Gasteiger partial charge in [0.05, 0.1) is 51.7 Å². The van der Waals surface area contributed by atoms with Crippen molar-refractivity contribution in [3.8, 4) is 41.0 Å². The van der Waals surface area contributed by atoms with Gasteiger partial charge in [-0.25, -0.2) is 48.7 Å². The first kappa shape index (κ1) is 108. The van der Waals surface area contributed by atoms with Gasteiger partial charge in [-0.15, -0.1) is 0 Å². The smallest absolute Gasteiger partial charge is 1.00 e. The molecule has 678 valence electrons. The van der Waals surface area contributed by atoms with E-state index in [0.29, 0.717) is 83.5 Å². The molecule has 0 atom stereocenters. The maximum Gasteiger partial charge on any atom is 1.00 e. The second-order valence-corrected chi connectivity index (χ2v) is 29.2. The summed E-state index contributed by atoms with van der Waals surface area (Å²) in [5.74, 6) is -4.52. The van der Waals surface area contributed by atoms with E-state index in [-0.39, 0.29) is 242 Å². The second kappa shape index (κ2) is 53.7. The number of nitrogens with zero attached hydrogens (tertiary/aromatic N) is 17. The van der Waals surface area contributed by atoms with E-state index >= 15 is 0 Å². The summed E-state index contributed by atoms with van der Waals surface area (Å²) in [5, 5.41) is 50.0. The number of ketones is 2. The van der Waals surface area contributed by atoms with E-state index in [1.54, 1.807) is 136 Å². The van der Waals surface area contributed by atoms with E-state index in [1.165, 1.54) is 98.7 Å². The third kappa shape index (κ3) is 33.1. The van der Waals surface area contributed by atoms with Crippen molar-refractivity contribution in [2.75, 3.05) is 6.54 Å². The van der Waals surface area contributed by atoms with Crippen LogP contribution < -0.4 is 156 Å². The molecule has 0 spiro atoms. The zero-order valence-electron chi connectivity index (χ0n) is 72.6. The number of nitrogens with two attached hydrogens (primary N) is 4. The monoisotopic (exact) mass is 1970 g/mol. The number of primary amides is 4. The molecule has 8 heterocycles. The Balaban J connectivity index is 0.000000293. The maximum absolute atomic E-state index is 14.1. The summed E-state index contributed by atoms with van der Waals surface area (Å²) in [7, 11) is 0. The molecule has 14 aromatic rings. The summed E-state index contributed by atoms with van der Waals surface area (Å²) in [5.41, 5.74) is 24.2. The van der Waals surface area contributed by atoms with Crippen molar-refractivity contribution in [2.24, 2.45) is 28.9 Å². The third-order valence-electron chi connectivity index (χ3n) is 17.2. The second-order valence-electron chi connectivity index (χ2n) is 27.7. The van der Waals surface area contributed by atoms with Crippen LogP contribution in [0.15, 0.2) is 188 Å². The van der Waals surface area contributed by atoms with Crippen LogP contribution in [0.25, 0.3) is 43.6 Å². The molecule has 0 aliphatic rings. The number of halogens is 5. The van der Waals surface area contributed by atoms with Crippen LogP contribution in [0.4, 0.5) is 8.78 Å². The number of carbonyl (C=O) groups is 11. The Bertz CT molecular complexity index is 6240. The minimum atomic E-state index is -1.08. The number of fused-ring (bicyclic) bond motifs is 4. The van der Waals surface area contributed by atoms with Gasteiger partial charge in [0.15, 0.2) is 39.1 Å². The molecule has 0 saturated heterocycles. The Labute approximate surface area is 853 Å². The fourth-order valence-electron chi connectivity index (χ4n) is 11.5. The number of carboxylic acids is 1. The van der Waals surface area contributed by atoms with Gasteiger partial charge in [0.25, 0.3) is 30.1 Å². The number of carboxylic acid groups (broad SMARTS) is 1.